The number of hydrogen-bond acceptors (Lipinski definition) is 2. The highest BCUT2D eigenvalue weighted by Gasteiger charge is 2.36. The molecule has 0 amide bonds. The second kappa shape index (κ2) is 3.11. The number of aryl methyl sites for hydroxylation is 2. The predicted octanol–water partition coefficient (Wildman–Crippen LogP) is 2.04. The summed E-state index contributed by atoms with van der Waals surface area (Å²) in [5.74, 6) is 0. The van der Waals surface area contributed by atoms with Gasteiger partial charge in [-0.15, -0.1) is 0 Å². The number of nitrogens with zero attached hydrogens (tertiary/aromatic N) is 1. The SMILES string of the molecule is Cc1ccc2c(c1)C(O)(CC#N)CC2. The fourth-order valence-corrected chi connectivity index (χ4v) is 2.13. The van der Waals surface area contributed by atoms with E-state index >= 15 is 0 Å². The van der Waals surface area contributed by atoms with Crippen LogP contribution in [0.1, 0.15) is 29.5 Å². The van der Waals surface area contributed by atoms with E-state index in [1.54, 1.807) is 0 Å². The van der Waals surface area contributed by atoms with Gasteiger partial charge in [-0.25, -0.2) is 0 Å². The second-order valence-electron chi connectivity index (χ2n) is 4.03. The van der Waals surface area contributed by atoms with Gasteiger partial charge in [0, 0.05) is 0 Å². The Morgan fingerprint density at radius 1 is 1.57 bits per heavy atom. The van der Waals surface area contributed by atoms with Crippen molar-refractivity contribution < 1.29 is 5.11 Å². The molecular weight excluding hydrogens is 174 g/mol. The molecular formula is C12H13NO. The molecule has 0 spiro atoms. The fraction of sp³-hybridized carbons (Fsp3) is 0.417. The summed E-state index contributed by atoms with van der Waals surface area (Å²) in [4.78, 5) is 0. The predicted molar refractivity (Wildman–Crippen MR) is 53.6 cm³/mol. The lowest BCUT2D eigenvalue weighted by molar-refractivity contribution is 0.0436. The molecule has 1 aromatic rings. The number of fused-ring (bicyclic) bond motifs is 1. The molecule has 0 saturated heterocycles. The molecule has 1 N–H and O–H groups in total. The first-order chi connectivity index (χ1) is 6.65. The van der Waals surface area contributed by atoms with Gasteiger partial charge in [0.15, 0.2) is 0 Å². The van der Waals surface area contributed by atoms with Gasteiger partial charge in [0.25, 0.3) is 0 Å². The van der Waals surface area contributed by atoms with E-state index in [0.29, 0.717) is 6.42 Å². The number of hydrogen-bond donors (Lipinski definition) is 1. The van der Waals surface area contributed by atoms with E-state index in [0.717, 1.165) is 17.5 Å². The molecule has 1 unspecified atom stereocenters. The smallest absolute Gasteiger partial charge is 0.103 e. The van der Waals surface area contributed by atoms with E-state index in [4.69, 9.17) is 5.26 Å². The molecule has 0 fully saturated rings. The van der Waals surface area contributed by atoms with Crippen molar-refractivity contribution in [3.05, 3.63) is 34.9 Å². The Kier molecular flexibility index (Phi) is 2.05. The molecule has 1 atom stereocenters. The van der Waals surface area contributed by atoms with Crippen molar-refractivity contribution in [3.8, 4) is 6.07 Å². The van der Waals surface area contributed by atoms with Gasteiger partial charge in [-0.2, -0.15) is 5.26 Å². The van der Waals surface area contributed by atoms with Crippen molar-refractivity contribution in [1.82, 2.24) is 0 Å². The third-order valence-electron chi connectivity index (χ3n) is 2.95. The summed E-state index contributed by atoms with van der Waals surface area (Å²) in [5.41, 5.74) is 2.39. The van der Waals surface area contributed by atoms with Crippen LogP contribution >= 0.6 is 0 Å². The average Bonchev–Trinajstić information content (AvgIpc) is 2.45. The van der Waals surface area contributed by atoms with Crippen molar-refractivity contribution in [3.63, 3.8) is 0 Å². The van der Waals surface area contributed by atoms with Gasteiger partial charge < -0.3 is 5.11 Å². The molecule has 0 heterocycles. The Balaban J connectivity index is 2.48. The molecule has 0 bridgehead atoms. The third kappa shape index (κ3) is 1.30. The summed E-state index contributed by atoms with van der Waals surface area (Å²) in [7, 11) is 0. The van der Waals surface area contributed by atoms with Crippen LogP contribution in [-0.4, -0.2) is 5.11 Å². The first-order valence-corrected chi connectivity index (χ1v) is 4.85. The maximum Gasteiger partial charge on any atom is 0.103 e. The molecule has 14 heavy (non-hydrogen) atoms. The maximum absolute atomic E-state index is 10.2. The van der Waals surface area contributed by atoms with Crippen LogP contribution in [-0.2, 0) is 12.0 Å². The zero-order valence-electron chi connectivity index (χ0n) is 8.25. The van der Waals surface area contributed by atoms with Crippen LogP contribution in [0.2, 0.25) is 0 Å². The molecule has 0 radical (unpaired) electrons. The molecule has 1 aliphatic carbocycles. The van der Waals surface area contributed by atoms with Gasteiger partial charge in [-0.1, -0.05) is 23.8 Å². The topological polar surface area (TPSA) is 44.0 Å². The Bertz CT molecular complexity index is 405. The summed E-state index contributed by atoms with van der Waals surface area (Å²) in [6.07, 6.45) is 1.76. The lowest BCUT2D eigenvalue weighted by atomic mass is 9.92. The fourth-order valence-electron chi connectivity index (χ4n) is 2.13. The summed E-state index contributed by atoms with van der Waals surface area (Å²) >= 11 is 0. The Morgan fingerprint density at radius 3 is 3.07 bits per heavy atom. The van der Waals surface area contributed by atoms with E-state index in [-0.39, 0.29) is 6.42 Å². The molecule has 2 heteroatoms. The summed E-state index contributed by atoms with van der Waals surface area (Å²) < 4.78 is 0. The lowest BCUT2D eigenvalue weighted by Gasteiger charge is -2.20. The molecule has 2 rings (SSSR count). The Labute approximate surface area is 83.8 Å². The largest absolute Gasteiger partial charge is 0.384 e. The van der Waals surface area contributed by atoms with Gasteiger partial charge in [-0.05, 0) is 30.9 Å². The van der Waals surface area contributed by atoms with Crippen molar-refractivity contribution in [2.45, 2.75) is 31.8 Å². The van der Waals surface area contributed by atoms with E-state index in [9.17, 15) is 5.11 Å². The third-order valence-corrected chi connectivity index (χ3v) is 2.95. The number of nitriles is 1. The monoisotopic (exact) mass is 187 g/mol. The zero-order chi connectivity index (χ0) is 10.2. The van der Waals surface area contributed by atoms with Crippen LogP contribution in [0.25, 0.3) is 0 Å². The highest BCUT2D eigenvalue weighted by molar-refractivity contribution is 5.40. The Hall–Kier alpha value is -1.33. The average molecular weight is 187 g/mol. The standard InChI is InChI=1S/C12H13NO/c1-9-2-3-10-4-5-12(14,6-7-13)11(10)8-9/h2-3,8,14H,4-6H2,1H3. The van der Waals surface area contributed by atoms with Crippen molar-refractivity contribution >= 4 is 0 Å². The zero-order valence-corrected chi connectivity index (χ0v) is 8.25. The summed E-state index contributed by atoms with van der Waals surface area (Å²) in [5, 5.41) is 18.9. The first-order valence-electron chi connectivity index (χ1n) is 4.85. The van der Waals surface area contributed by atoms with Crippen molar-refractivity contribution in [2.24, 2.45) is 0 Å². The minimum Gasteiger partial charge on any atom is -0.384 e. The minimum atomic E-state index is -0.893. The molecule has 1 aliphatic rings. The van der Waals surface area contributed by atoms with E-state index < -0.39 is 5.60 Å². The van der Waals surface area contributed by atoms with Crippen LogP contribution in [0, 0.1) is 18.3 Å². The van der Waals surface area contributed by atoms with Crippen LogP contribution in [0.3, 0.4) is 0 Å². The van der Waals surface area contributed by atoms with Crippen LogP contribution in [0.5, 0.6) is 0 Å². The minimum absolute atomic E-state index is 0.198. The molecule has 0 saturated carbocycles. The quantitative estimate of drug-likeness (QED) is 0.731. The number of benzene rings is 1. The molecule has 0 aromatic heterocycles. The Morgan fingerprint density at radius 2 is 2.36 bits per heavy atom. The van der Waals surface area contributed by atoms with Crippen LogP contribution < -0.4 is 0 Å². The van der Waals surface area contributed by atoms with Gasteiger partial charge in [0.05, 0.1) is 12.5 Å². The normalized spacial score (nSPS) is 24.4. The van der Waals surface area contributed by atoms with Crippen molar-refractivity contribution in [2.75, 3.05) is 0 Å². The second-order valence-corrected chi connectivity index (χ2v) is 4.03. The van der Waals surface area contributed by atoms with E-state index in [1.807, 2.05) is 13.0 Å². The number of rotatable bonds is 1. The first kappa shape index (κ1) is 9.23. The highest BCUT2D eigenvalue weighted by atomic mass is 16.3. The number of aliphatic hydroxyl groups is 1. The van der Waals surface area contributed by atoms with Crippen LogP contribution in [0.4, 0.5) is 0 Å². The van der Waals surface area contributed by atoms with Gasteiger partial charge in [-0.3, -0.25) is 0 Å². The van der Waals surface area contributed by atoms with E-state index in [2.05, 4.69) is 18.2 Å². The molecule has 1 aromatic carbocycles. The van der Waals surface area contributed by atoms with Crippen molar-refractivity contribution in [1.29, 1.82) is 5.26 Å². The van der Waals surface area contributed by atoms with Crippen LogP contribution in [0.15, 0.2) is 18.2 Å². The van der Waals surface area contributed by atoms with E-state index in [1.165, 1.54) is 5.56 Å². The highest BCUT2D eigenvalue weighted by Crippen LogP contribution is 2.39. The summed E-state index contributed by atoms with van der Waals surface area (Å²) in [6, 6.07) is 8.17. The van der Waals surface area contributed by atoms with Gasteiger partial charge in [0.2, 0.25) is 0 Å². The summed E-state index contributed by atoms with van der Waals surface area (Å²) in [6.45, 7) is 2.01. The lowest BCUT2D eigenvalue weighted by Crippen LogP contribution is -2.21. The molecule has 72 valence electrons. The molecule has 2 nitrogen and oxygen atoms in total. The molecule has 0 aliphatic heterocycles. The van der Waals surface area contributed by atoms with Gasteiger partial charge in [0.1, 0.15) is 5.60 Å². The maximum atomic E-state index is 10.2. The van der Waals surface area contributed by atoms with Gasteiger partial charge >= 0.3 is 0 Å².